The molecule has 0 aliphatic carbocycles. The molecule has 1 aliphatic rings. The van der Waals surface area contributed by atoms with E-state index >= 15 is 0 Å². The Labute approximate surface area is 86.8 Å². The van der Waals surface area contributed by atoms with Crippen molar-refractivity contribution in [2.45, 2.75) is 13.3 Å². The highest BCUT2D eigenvalue weighted by Gasteiger charge is 2.31. The maximum Gasteiger partial charge on any atom is 0.407 e. The number of nitrogens with zero attached hydrogens (tertiary/aromatic N) is 1. The fourth-order valence-corrected chi connectivity index (χ4v) is 1.42. The van der Waals surface area contributed by atoms with E-state index < -0.39 is 18.0 Å². The topological polar surface area (TPSA) is 83.9 Å². The van der Waals surface area contributed by atoms with Crippen LogP contribution in [0.1, 0.15) is 13.3 Å². The first-order chi connectivity index (χ1) is 7.00. The van der Waals surface area contributed by atoms with Crippen molar-refractivity contribution in [3.05, 3.63) is 0 Å². The minimum Gasteiger partial charge on any atom is -0.465 e. The van der Waals surface area contributed by atoms with Gasteiger partial charge in [-0.3, -0.25) is 9.59 Å². The zero-order valence-electron chi connectivity index (χ0n) is 8.43. The first-order valence-electron chi connectivity index (χ1n) is 4.64. The van der Waals surface area contributed by atoms with E-state index in [4.69, 9.17) is 9.84 Å². The van der Waals surface area contributed by atoms with E-state index in [2.05, 4.69) is 0 Å². The number of rotatable bonds is 3. The van der Waals surface area contributed by atoms with Crippen molar-refractivity contribution in [3.63, 3.8) is 0 Å². The van der Waals surface area contributed by atoms with Crippen LogP contribution in [-0.2, 0) is 14.3 Å². The molecule has 1 amide bonds. The average Bonchev–Trinajstić information content (AvgIpc) is 2.62. The summed E-state index contributed by atoms with van der Waals surface area (Å²) in [5, 5.41) is 8.65. The van der Waals surface area contributed by atoms with E-state index in [1.54, 1.807) is 0 Å². The molecule has 15 heavy (non-hydrogen) atoms. The molecule has 1 unspecified atom stereocenters. The Hall–Kier alpha value is -1.59. The second-order valence-electron chi connectivity index (χ2n) is 3.52. The highest BCUT2D eigenvalue weighted by atomic mass is 16.5. The third-order valence-corrected chi connectivity index (χ3v) is 2.21. The molecule has 0 spiro atoms. The molecule has 0 aromatic heterocycles. The second kappa shape index (κ2) is 4.77. The molecular weight excluding hydrogens is 202 g/mol. The van der Waals surface area contributed by atoms with Crippen LogP contribution in [-0.4, -0.2) is 47.5 Å². The average molecular weight is 215 g/mol. The Morgan fingerprint density at radius 1 is 1.47 bits per heavy atom. The zero-order chi connectivity index (χ0) is 11.4. The van der Waals surface area contributed by atoms with Crippen molar-refractivity contribution in [2.24, 2.45) is 5.92 Å². The Balaban J connectivity index is 2.36. The normalized spacial score (nSPS) is 20.1. The first-order valence-corrected chi connectivity index (χ1v) is 4.64. The number of carbonyl (C=O) groups is 3. The quantitative estimate of drug-likeness (QED) is 0.676. The summed E-state index contributed by atoms with van der Waals surface area (Å²) in [5.41, 5.74) is 0. The van der Waals surface area contributed by atoms with Gasteiger partial charge in [-0.1, -0.05) is 0 Å². The van der Waals surface area contributed by atoms with E-state index in [0.29, 0.717) is 13.0 Å². The maximum absolute atomic E-state index is 11.3. The lowest BCUT2D eigenvalue weighted by Crippen LogP contribution is -2.29. The van der Waals surface area contributed by atoms with Gasteiger partial charge in [0, 0.05) is 13.1 Å². The fraction of sp³-hybridized carbons (Fsp3) is 0.667. The van der Waals surface area contributed by atoms with Gasteiger partial charge in [0.05, 0.1) is 5.92 Å². The van der Waals surface area contributed by atoms with Crippen molar-refractivity contribution in [3.8, 4) is 0 Å². The SMILES string of the molecule is CC(=O)COC(=O)C1CCN(C(=O)O)C1. The van der Waals surface area contributed by atoms with E-state index in [0.717, 1.165) is 0 Å². The van der Waals surface area contributed by atoms with Crippen molar-refractivity contribution >= 4 is 17.8 Å². The largest absolute Gasteiger partial charge is 0.465 e. The molecule has 0 bridgehead atoms. The van der Waals surface area contributed by atoms with Gasteiger partial charge in [-0.2, -0.15) is 0 Å². The Morgan fingerprint density at radius 3 is 2.60 bits per heavy atom. The summed E-state index contributed by atoms with van der Waals surface area (Å²) in [6, 6.07) is 0. The van der Waals surface area contributed by atoms with Crippen LogP contribution >= 0.6 is 0 Å². The second-order valence-corrected chi connectivity index (χ2v) is 3.52. The fourth-order valence-electron chi connectivity index (χ4n) is 1.42. The van der Waals surface area contributed by atoms with Gasteiger partial charge in [0.1, 0.15) is 6.61 Å². The Kier molecular flexibility index (Phi) is 3.65. The number of likely N-dealkylation sites (tertiary alicyclic amines) is 1. The van der Waals surface area contributed by atoms with Crippen LogP contribution in [0, 0.1) is 5.92 Å². The number of amides is 1. The van der Waals surface area contributed by atoms with Crippen LogP contribution < -0.4 is 0 Å². The highest BCUT2D eigenvalue weighted by Crippen LogP contribution is 2.17. The lowest BCUT2D eigenvalue weighted by Gasteiger charge is -2.11. The van der Waals surface area contributed by atoms with Crippen molar-refractivity contribution < 1.29 is 24.2 Å². The van der Waals surface area contributed by atoms with E-state index in [1.807, 2.05) is 0 Å². The van der Waals surface area contributed by atoms with Crippen molar-refractivity contribution in [1.82, 2.24) is 4.90 Å². The summed E-state index contributed by atoms with van der Waals surface area (Å²) >= 11 is 0. The Morgan fingerprint density at radius 2 is 2.13 bits per heavy atom. The van der Waals surface area contributed by atoms with Crippen LogP contribution in [0.5, 0.6) is 0 Å². The predicted octanol–water partition coefficient (Wildman–Crippen LogP) is 0.118. The summed E-state index contributed by atoms with van der Waals surface area (Å²) in [4.78, 5) is 33.6. The van der Waals surface area contributed by atoms with E-state index in [1.165, 1.54) is 11.8 Å². The molecule has 0 aromatic rings. The van der Waals surface area contributed by atoms with Crippen molar-refractivity contribution in [2.75, 3.05) is 19.7 Å². The number of hydrogen-bond acceptors (Lipinski definition) is 4. The van der Waals surface area contributed by atoms with Gasteiger partial charge in [-0.25, -0.2) is 4.79 Å². The Bertz CT molecular complexity index is 288. The molecule has 1 atom stereocenters. The van der Waals surface area contributed by atoms with Gasteiger partial charge in [0.25, 0.3) is 0 Å². The number of ketones is 1. The summed E-state index contributed by atoms with van der Waals surface area (Å²) in [6.45, 7) is 1.59. The van der Waals surface area contributed by atoms with Gasteiger partial charge < -0.3 is 14.7 Å². The smallest absolute Gasteiger partial charge is 0.407 e. The maximum atomic E-state index is 11.3. The lowest BCUT2D eigenvalue weighted by molar-refractivity contribution is -0.151. The molecule has 84 valence electrons. The molecule has 6 heteroatoms. The van der Waals surface area contributed by atoms with Gasteiger partial charge in [-0.05, 0) is 13.3 Å². The lowest BCUT2D eigenvalue weighted by atomic mass is 10.1. The molecule has 1 heterocycles. The highest BCUT2D eigenvalue weighted by molar-refractivity contribution is 5.81. The number of ether oxygens (including phenoxy) is 1. The predicted molar refractivity (Wildman–Crippen MR) is 49.3 cm³/mol. The molecule has 0 aromatic carbocycles. The molecule has 1 fully saturated rings. The standard InChI is InChI=1S/C9H13NO5/c1-6(11)5-15-8(12)7-2-3-10(4-7)9(13)14/h7H,2-5H2,1H3,(H,13,14). The van der Waals surface area contributed by atoms with Crippen LogP contribution in [0.15, 0.2) is 0 Å². The number of carboxylic acid groups (broad SMARTS) is 1. The van der Waals surface area contributed by atoms with Crippen LogP contribution in [0.4, 0.5) is 4.79 Å². The van der Waals surface area contributed by atoms with Crippen LogP contribution in [0.25, 0.3) is 0 Å². The summed E-state index contributed by atoms with van der Waals surface area (Å²) in [6.07, 6.45) is -0.569. The van der Waals surface area contributed by atoms with Gasteiger partial charge >= 0.3 is 12.1 Å². The molecular formula is C9H13NO5. The van der Waals surface area contributed by atoms with Crippen molar-refractivity contribution in [1.29, 1.82) is 0 Å². The van der Waals surface area contributed by atoms with Crippen LogP contribution in [0.3, 0.4) is 0 Å². The van der Waals surface area contributed by atoms with Gasteiger partial charge in [0.15, 0.2) is 5.78 Å². The molecule has 0 radical (unpaired) electrons. The number of carbonyl (C=O) groups excluding carboxylic acids is 2. The number of hydrogen-bond donors (Lipinski definition) is 1. The molecule has 0 saturated carbocycles. The summed E-state index contributed by atoms with van der Waals surface area (Å²) in [5.74, 6) is -1.15. The third kappa shape index (κ3) is 3.23. The first kappa shape index (κ1) is 11.5. The molecule has 6 nitrogen and oxygen atoms in total. The summed E-state index contributed by atoms with van der Waals surface area (Å²) in [7, 11) is 0. The van der Waals surface area contributed by atoms with E-state index in [9.17, 15) is 14.4 Å². The number of Topliss-reactive ketones (excluding diaryl/α,β-unsaturated/α-hetero) is 1. The monoisotopic (exact) mass is 215 g/mol. The molecule has 1 N–H and O–H groups in total. The van der Waals surface area contributed by atoms with E-state index in [-0.39, 0.29) is 18.9 Å². The van der Waals surface area contributed by atoms with Gasteiger partial charge in [0.2, 0.25) is 0 Å². The molecule has 1 saturated heterocycles. The minimum absolute atomic E-state index is 0.159. The zero-order valence-corrected chi connectivity index (χ0v) is 8.43. The van der Waals surface area contributed by atoms with Gasteiger partial charge in [-0.15, -0.1) is 0 Å². The summed E-state index contributed by atoms with van der Waals surface area (Å²) < 4.78 is 4.71. The third-order valence-electron chi connectivity index (χ3n) is 2.21. The van der Waals surface area contributed by atoms with Crippen LogP contribution in [0.2, 0.25) is 0 Å². The number of esters is 1. The minimum atomic E-state index is -1.03. The molecule has 1 aliphatic heterocycles. The molecule has 1 rings (SSSR count).